The average Bonchev–Trinajstić information content (AvgIpc) is 1.35. The molecule has 0 aromatic carbocycles. The van der Waals surface area contributed by atoms with Crippen LogP contribution >= 0.6 is 0 Å². The lowest BCUT2D eigenvalue weighted by molar-refractivity contribution is 0.586. The lowest BCUT2D eigenvalue weighted by Crippen LogP contribution is -1.83. The number of aliphatic hydroxyl groups excluding tert-OH is 1. The minimum absolute atomic E-state index is 0.377. The normalized spacial score (nSPS) is 6.33. The third-order valence-corrected chi connectivity index (χ3v) is 0.580. The second kappa shape index (κ2) is 3.11. The Hall–Kier alpha value is -0.0900. The molecule has 34 valence electrons. The van der Waals surface area contributed by atoms with Gasteiger partial charge >= 0.3 is 0 Å². The summed E-state index contributed by atoms with van der Waals surface area (Å²) in [5.74, 6) is 0. The SMILES string of the molecule is [N-]=[N+]=S=C(O)[S-]. The molecule has 0 bridgehead atoms. The second-order valence-electron chi connectivity index (χ2n) is 0.439. The van der Waals surface area contributed by atoms with Crippen LogP contribution in [0.5, 0.6) is 0 Å². The highest BCUT2D eigenvalue weighted by atomic mass is 32.2. The van der Waals surface area contributed by atoms with Crippen molar-refractivity contribution in [2.24, 2.45) is 0 Å². The molecule has 0 spiro atoms. The van der Waals surface area contributed by atoms with E-state index in [0.29, 0.717) is 11.1 Å². The molecule has 0 aliphatic heterocycles. The molecular formula is CHN2OS2-. The lowest BCUT2D eigenvalue weighted by Gasteiger charge is -1.83. The summed E-state index contributed by atoms with van der Waals surface area (Å²) in [5.41, 5.74) is 7.58. The average molecular weight is 121 g/mol. The maximum absolute atomic E-state index is 7.99. The molecule has 0 radical (unpaired) electrons. The van der Waals surface area contributed by atoms with Crippen LogP contribution in [0, 0.1) is 0 Å². The van der Waals surface area contributed by atoms with Gasteiger partial charge in [0.15, 0.2) is 0 Å². The van der Waals surface area contributed by atoms with E-state index in [2.05, 4.69) is 16.8 Å². The zero-order chi connectivity index (χ0) is 4.99. The van der Waals surface area contributed by atoms with Gasteiger partial charge < -0.3 is 23.3 Å². The zero-order valence-electron chi connectivity index (χ0n) is 2.66. The largest absolute Gasteiger partial charge is 0.713 e. The number of hydrogen-bond acceptors (Lipinski definition) is 1. The molecule has 1 N–H and O–H groups in total. The van der Waals surface area contributed by atoms with Crippen molar-refractivity contribution < 1.29 is 5.11 Å². The molecule has 0 rings (SSSR count). The summed E-state index contributed by atoms with van der Waals surface area (Å²) >= 11 is 4.51. The van der Waals surface area contributed by atoms with Gasteiger partial charge in [-0.25, -0.2) is 0 Å². The first-order valence-corrected chi connectivity index (χ1v) is 2.20. The van der Waals surface area contributed by atoms with Crippen LogP contribution in [0.2, 0.25) is 0 Å². The van der Waals surface area contributed by atoms with E-state index in [1.807, 2.05) is 0 Å². The van der Waals surface area contributed by atoms with Gasteiger partial charge in [0.1, 0.15) is 0 Å². The van der Waals surface area contributed by atoms with Gasteiger partial charge in [-0.2, -0.15) is 0 Å². The molecule has 0 unspecified atom stereocenters. The quantitative estimate of drug-likeness (QED) is 0.204. The molecular weight excluding hydrogens is 120 g/mol. The Kier molecular flexibility index (Phi) is 3.07. The second-order valence-corrected chi connectivity index (χ2v) is 1.82. The van der Waals surface area contributed by atoms with E-state index in [-0.39, 0.29) is 4.38 Å². The predicted octanol–water partition coefficient (Wildman–Crippen LogP) is -0.466. The van der Waals surface area contributed by atoms with Crippen molar-refractivity contribution in [3.63, 3.8) is 0 Å². The van der Waals surface area contributed by atoms with Crippen LogP contribution in [-0.4, -0.2) is 9.49 Å². The Morgan fingerprint density at radius 3 is 2.50 bits per heavy atom. The summed E-state index contributed by atoms with van der Waals surface area (Å²) in [6, 6.07) is 0. The fourth-order valence-electron chi connectivity index (χ4n) is 0.0349. The van der Waals surface area contributed by atoms with Crippen molar-refractivity contribution in [3.8, 4) is 0 Å². The molecule has 0 saturated heterocycles. The van der Waals surface area contributed by atoms with Crippen molar-refractivity contribution in [3.05, 3.63) is 5.53 Å². The van der Waals surface area contributed by atoms with Gasteiger partial charge in [0.2, 0.25) is 0 Å². The molecule has 0 atom stereocenters. The summed E-state index contributed by atoms with van der Waals surface area (Å²) in [5, 5.41) is 7.99. The molecule has 0 fully saturated rings. The van der Waals surface area contributed by atoms with E-state index < -0.39 is 0 Å². The van der Waals surface area contributed by atoms with Crippen molar-refractivity contribution >= 4 is 28.2 Å². The standard InChI is InChI=1S/CH2N2OS2/c2-3-6-1(4)5/h4-5H/p-1. The smallest absolute Gasteiger partial charge is 0.257 e. The van der Waals surface area contributed by atoms with Crippen molar-refractivity contribution in [2.75, 3.05) is 0 Å². The van der Waals surface area contributed by atoms with Crippen molar-refractivity contribution in [1.29, 1.82) is 0 Å². The summed E-state index contributed by atoms with van der Waals surface area (Å²) < 4.78 is 2.08. The van der Waals surface area contributed by atoms with Crippen LogP contribution in [0.4, 0.5) is 0 Å². The molecule has 3 nitrogen and oxygen atoms in total. The van der Waals surface area contributed by atoms with Crippen molar-refractivity contribution in [2.45, 2.75) is 0 Å². The van der Waals surface area contributed by atoms with Gasteiger partial charge in [0.05, 0.1) is 0 Å². The first kappa shape index (κ1) is 5.91. The van der Waals surface area contributed by atoms with Gasteiger partial charge in [0, 0.05) is 4.38 Å². The lowest BCUT2D eigenvalue weighted by atomic mass is 11.7. The summed E-state index contributed by atoms with van der Waals surface area (Å²) in [7, 11) is 0. The Bertz CT molecular complexity index is 116. The molecule has 6 heavy (non-hydrogen) atoms. The molecule has 0 aliphatic rings. The van der Waals surface area contributed by atoms with Crippen LogP contribution in [0.15, 0.2) is 0 Å². The Labute approximate surface area is 43.6 Å². The van der Waals surface area contributed by atoms with Crippen molar-refractivity contribution in [1.82, 2.24) is 4.16 Å². The van der Waals surface area contributed by atoms with Crippen LogP contribution < -0.4 is 4.16 Å². The third-order valence-electron chi connectivity index (χ3n) is 0.119. The van der Waals surface area contributed by atoms with Crippen LogP contribution in [0.3, 0.4) is 0 Å². The highest BCUT2D eigenvalue weighted by Crippen LogP contribution is 1.44. The maximum Gasteiger partial charge on any atom is 0.257 e. The topological polar surface area (TPSA) is 56.6 Å². The Balaban J connectivity index is 4.13. The monoisotopic (exact) mass is 121 g/mol. The number of rotatable bonds is 0. The fraction of sp³-hybridized carbons (Fsp3) is 0. The molecule has 5 heteroatoms. The number of hydrogen-bond donors (Lipinski definition) is 1. The van der Waals surface area contributed by atoms with E-state index >= 15 is 0 Å². The predicted molar refractivity (Wildman–Crippen MR) is 27.9 cm³/mol. The van der Waals surface area contributed by atoms with Gasteiger partial charge in [-0.15, -0.1) is 0 Å². The fourth-order valence-corrected chi connectivity index (χ4v) is 0.205. The van der Waals surface area contributed by atoms with Crippen LogP contribution in [0.25, 0.3) is 5.53 Å². The first-order chi connectivity index (χ1) is 2.77. The molecule has 0 amide bonds. The van der Waals surface area contributed by atoms with Gasteiger partial charge in [-0.1, -0.05) is 4.16 Å². The number of nitrogens with zero attached hydrogens (tertiary/aromatic N) is 2. The van der Waals surface area contributed by atoms with Gasteiger partial charge in [-0.3, -0.25) is 0 Å². The van der Waals surface area contributed by atoms with E-state index in [4.69, 9.17) is 10.6 Å². The zero-order valence-corrected chi connectivity index (χ0v) is 4.29. The van der Waals surface area contributed by atoms with E-state index in [1.54, 1.807) is 0 Å². The van der Waals surface area contributed by atoms with Gasteiger partial charge in [-0.05, 0) is 0 Å². The Morgan fingerprint density at radius 1 is 2.00 bits per heavy atom. The first-order valence-electron chi connectivity index (χ1n) is 1.01. The summed E-state index contributed by atoms with van der Waals surface area (Å²) in [6.45, 7) is 0. The molecule has 0 aromatic heterocycles. The van der Waals surface area contributed by atoms with Crippen LogP contribution in [0.1, 0.15) is 0 Å². The van der Waals surface area contributed by atoms with Crippen LogP contribution in [-0.2, 0) is 23.8 Å². The third kappa shape index (κ3) is 3.91. The maximum atomic E-state index is 7.99. The number of aliphatic hydroxyl groups is 1. The molecule has 0 saturated carbocycles. The summed E-state index contributed by atoms with van der Waals surface area (Å²) in [4.78, 5) is 0. The van der Waals surface area contributed by atoms with Gasteiger partial charge in [0.25, 0.3) is 11.1 Å². The van der Waals surface area contributed by atoms with E-state index in [1.165, 1.54) is 0 Å². The minimum atomic E-state index is -0.377. The molecule has 0 aliphatic carbocycles. The van der Waals surface area contributed by atoms with E-state index in [0.717, 1.165) is 0 Å². The molecule has 0 aromatic rings. The van der Waals surface area contributed by atoms with E-state index in [9.17, 15) is 0 Å². The highest BCUT2D eigenvalue weighted by Gasteiger charge is 1.55. The summed E-state index contributed by atoms with van der Waals surface area (Å²) in [6.07, 6.45) is 0. The minimum Gasteiger partial charge on any atom is -0.713 e. The molecule has 0 heterocycles. The Morgan fingerprint density at radius 2 is 2.50 bits per heavy atom. The highest BCUT2D eigenvalue weighted by molar-refractivity contribution is 7.94.